The maximum absolute atomic E-state index is 14.3. The van der Waals surface area contributed by atoms with Gasteiger partial charge in [-0.25, -0.2) is 9.59 Å². The van der Waals surface area contributed by atoms with Gasteiger partial charge in [0.15, 0.2) is 11.9 Å². The number of aliphatic hydroxyl groups excluding tert-OH is 1. The first-order chi connectivity index (χ1) is 25.6. The van der Waals surface area contributed by atoms with Crippen molar-refractivity contribution in [3.8, 4) is 0 Å². The van der Waals surface area contributed by atoms with Gasteiger partial charge < -0.3 is 54.4 Å². The van der Waals surface area contributed by atoms with Gasteiger partial charge >= 0.3 is 18.2 Å². The monoisotopic (exact) mass is 782 g/mol. The molecule has 16 nitrogen and oxygen atoms in total. The molecule has 3 amide bonds. The van der Waals surface area contributed by atoms with Gasteiger partial charge in [0.1, 0.15) is 24.1 Å². The molecule has 16 heteroatoms. The molecule has 0 aliphatic carbocycles. The Kier molecular flexibility index (Phi) is 16.1. The molecule has 0 radical (unpaired) electrons. The molecule has 4 N–H and O–H groups in total. The van der Waals surface area contributed by atoms with E-state index in [1.165, 1.54) is 13.2 Å². The zero-order valence-corrected chi connectivity index (χ0v) is 34.7. The SMILES string of the molecule is C=CC(C)C(=O)NCCNC(=O)O[C@H]1[C@H](C)[C@@H](O[C@@H]2O[C@H](C)C[C@H](N(C)C)[C@H]2O)[C@@](C)(OC)C[C@@H](C)C(=O)[C@H](C)[C@H]2NC(=O)O[C@]2(C)[C@@H](CC)OC(=O)[C@@H]1C. The zero-order chi connectivity index (χ0) is 41.6. The molecule has 314 valence electrons. The Morgan fingerprint density at radius 1 is 1.09 bits per heavy atom. The number of rotatable bonds is 11. The number of ketones is 1. The number of amides is 3. The fourth-order valence-electron chi connectivity index (χ4n) is 8.32. The molecule has 3 heterocycles. The highest BCUT2D eigenvalue weighted by Gasteiger charge is 2.57. The van der Waals surface area contributed by atoms with Crippen molar-refractivity contribution in [3.63, 3.8) is 0 Å². The second-order valence-electron chi connectivity index (χ2n) is 16.2. The number of nitrogens with one attached hydrogen (secondary N) is 3. The summed E-state index contributed by atoms with van der Waals surface area (Å²) in [6.07, 6.45) is -5.02. The van der Waals surface area contributed by atoms with Crippen LogP contribution < -0.4 is 16.0 Å². The second kappa shape index (κ2) is 19.2. The number of aliphatic hydroxyl groups is 1. The Labute approximate surface area is 326 Å². The number of hydrogen-bond acceptors (Lipinski definition) is 13. The molecule has 55 heavy (non-hydrogen) atoms. The third-order valence-corrected chi connectivity index (χ3v) is 11.8. The van der Waals surface area contributed by atoms with E-state index < -0.39 is 95.7 Å². The molecule has 0 saturated carbocycles. The van der Waals surface area contributed by atoms with E-state index in [1.54, 1.807) is 55.4 Å². The molecule has 0 aromatic carbocycles. The van der Waals surface area contributed by atoms with E-state index in [2.05, 4.69) is 22.5 Å². The number of fused-ring (bicyclic) bond motifs is 1. The van der Waals surface area contributed by atoms with Crippen LogP contribution in [0.25, 0.3) is 0 Å². The highest BCUT2D eigenvalue weighted by molar-refractivity contribution is 5.85. The lowest BCUT2D eigenvalue weighted by molar-refractivity contribution is -0.301. The van der Waals surface area contributed by atoms with Crippen molar-refractivity contribution >= 4 is 29.8 Å². The largest absolute Gasteiger partial charge is 0.458 e. The van der Waals surface area contributed by atoms with E-state index in [0.717, 1.165) is 0 Å². The lowest BCUT2D eigenvalue weighted by Crippen LogP contribution is -2.61. The highest BCUT2D eigenvalue weighted by atomic mass is 16.7. The number of likely N-dealkylation sites (N-methyl/N-ethyl adjacent to an activating group) is 1. The Balaban J connectivity index is 2.12. The van der Waals surface area contributed by atoms with E-state index in [-0.39, 0.29) is 49.8 Å². The molecule has 3 saturated heterocycles. The van der Waals surface area contributed by atoms with Crippen LogP contribution in [0.15, 0.2) is 12.7 Å². The van der Waals surface area contributed by atoms with Crippen LogP contribution in [-0.2, 0) is 42.8 Å². The van der Waals surface area contributed by atoms with Gasteiger partial charge in [0.25, 0.3) is 0 Å². The maximum Gasteiger partial charge on any atom is 0.408 e. The van der Waals surface area contributed by atoms with Gasteiger partial charge in [-0.15, -0.1) is 6.58 Å². The molecule has 0 bridgehead atoms. The Bertz CT molecular complexity index is 1380. The maximum atomic E-state index is 14.3. The van der Waals surface area contributed by atoms with Crippen molar-refractivity contribution in [1.29, 1.82) is 0 Å². The second-order valence-corrected chi connectivity index (χ2v) is 16.2. The van der Waals surface area contributed by atoms with Crippen molar-refractivity contribution in [3.05, 3.63) is 12.7 Å². The Morgan fingerprint density at radius 3 is 2.31 bits per heavy atom. The predicted molar refractivity (Wildman–Crippen MR) is 202 cm³/mol. The van der Waals surface area contributed by atoms with Crippen molar-refractivity contribution < 1.29 is 57.5 Å². The number of alkyl carbamates (subject to hydrolysis) is 2. The molecule has 3 fully saturated rings. The average molecular weight is 783 g/mol. The smallest absolute Gasteiger partial charge is 0.408 e. The van der Waals surface area contributed by atoms with Crippen molar-refractivity contribution in [2.24, 2.45) is 29.6 Å². The molecule has 0 spiro atoms. The van der Waals surface area contributed by atoms with E-state index in [0.29, 0.717) is 6.42 Å². The fraction of sp³-hybridized carbons (Fsp3) is 0.821. The molecule has 15 atom stereocenters. The Morgan fingerprint density at radius 2 is 1.73 bits per heavy atom. The van der Waals surface area contributed by atoms with Crippen LogP contribution in [0.4, 0.5) is 9.59 Å². The van der Waals surface area contributed by atoms with Gasteiger partial charge in [0.2, 0.25) is 5.91 Å². The summed E-state index contributed by atoms with van der Waals surface area (Å²) in [4.78, 5) is 68.8. The minimum absolute atomic E-state index is 0.0177. The molecule has 3 aliphatic heterocycles. The van der Waals surface area contributed by atoms with E-state index >= 15 is 0 Å². The Hall–Kier alpha value is -3.31. The fourth-order valence-corrected chi connectivity index (χ4v) is 8.32. The molecular formula is C39H66N4O12. The van der Waals surface area contributed by atoms with E-state index in [4.69, 9.17) is 28.4 Å². The zero-order valence-electron chi connectivity index (χ0n) is 34.7. The summed E-state index contributed by atoms with van der Waals surface area (Å²) in [6.45, 7) is 19.3. The summed E-state index contributed by atoms with van der Waals surface area (Å²) in [5.41, 5.74) is -2.70. The van der Waals surface area contributed by atoms with Crippen molar-refractivity contribution in [1.82, 2.24) is 20.9 Å². The van der Waals surface area contributed by atoms with E-state index in [9.17, 15) is 29.1 Å². The summed E-state index contributed by atoms with van der Waals surface area (Å²) in [6, 6.07) is -1.16. The van der Waals surface area contributed by atoms with E-state index in [1.807, 2.05) is 25.9 Å². The van der Waals surface area contributed by atoms with Crippen LogP contribution in [0.3, 0.4) is 0 Å². The topological polar surface area (TPSA) is 200 Å². The standard InChI is InChI=1S/C39H66N4O12/c1-14-20(3)33(46)40-16-17-41-36(48)53-30-24(7)32(54-35-29(45)26(43(11)12)18-22(5)51-35)38(9,50-13)19-21(4)28(44)23(6)31-39(10,55-37(49)42-31)27(15-2)52-34(47)25(30)8/h14,20-27,29-32,35,45H,1,15-19H2,2-13H3,(H,40,46)(H,41,48)(H,42,49)/t20?,21-,22-,23+,24+,25-,26+,27-,29-,30+,31-,32-,35+,38+,39-/m1/s1. The normalized spacial score (nSPS) is 39.4. The van der Waals surface area contributed by atoms with Gasteiger partial charge in [0.05, 0.1) is 35.7 Å². The molecule has 1 unspecified atom stereocenters. The average Bonchev–Trinajstić information content (AvgIpc) is 3.46. The first-order valence-corrected chi connectivity index (χ1v) is 19.4. The number of cyclic esters (lactones) is 1. The third-order valence-electron chi connectivity index (χ3n) is 11.8. The number of carbonyl (C=O) groups is 5. The third kappa shape index (κ3) is 10.6. The number of nitrogens with zero attached hydrogens (tertiary/aromatic N) is 1. The van der Waals surface area contributed by atoms with Gasteiger partial charge in [0, 0.05) is 44.0 Å². The minimum Gasteiger partial charge on any atom is -0.458 e. The van der Waals surface area contributed by atoms with Crippen molar-refractivity contribution in [2.45, 2.75) is 142 Å². The summed E-state index contributed by atoms with van der Waals surface area (Å²) in [7, 11) is 5.19. The summed E-state index contributed by atoms with van der Waals surface area (Å²) in [5.74, 6) is -5.01. The number of esters is 1. The summed E-state index contributed by atoms with van der Waals surface area (Å²) in [5, 5.41) is 19.7. The van der Waals surface area contributed by atoms with Gasteiger partial charge in [-0.05, 0) is 61.1 Å². The van der Waals surface area contributed by atoms with Crippen LogP contribution >= 0.6 is 0 Å². The molecule has 3 aliphatic rings. The quantitative estimate of drug-likeness (QED) is 0.103. The minimum atomic E-state index is -1.41. The van der Waals surface area contributed by atoms with Crippen LogP contribution in [-0.4, -0.2) is 134 Å². The van der Waals surface area contributed by atoms with Crippen molar-refractivity contribution in [2.75, 3.05) is 34.3 Å². The lowest BCUT2D eigenvalue weighted by atomic mass is 9.73. The lowest BCUT2D eigenvalue weighted by Gasteiger charge is -2.48. The predicted octanol–water partition coefficient (Wildman–Crippen LogP) is 2.94. The molecule has 0 aromatic heterocycles. The number of hydrogen-bond donors (Lipinski definition) is 4. The van der Waals surface area contributed by atoms with Crippen LogP contribution in [0.2, 0.25) is 0 Å². The molecule has 3 rings (SSSR count). The number of methoxy groups -OCH3 is 1. The van der Waals surface area contributed by atoms with Gasteiger partial charge in [-0.1, -0.05) is 40.7 Å². The summed E-state index contributed by atoms with van der Waals surface area (Å²) < 4.78 is 37.1. The number of carbonyl (C=O) groups excluding carboxylic acids is 5. The molecule has 0 aromatic rings. The highest BCUT2D eigenvalue weighted by Crippen LogP contribution is 2.41. The van der Waals surface area contributed by atoms with Gasteiger partial charge in [-0.3, -0.25) is 14.4 Å². The first-order valence-electron chi connectivity index (χ1n) is 19.4. The van der Waals surface area contributed by atoms with Gasteiger partial charge in [-0.2, -0.15) is 0 Å². The summed E-state index contributed by atoms with van der Waals surface area (Å²) >= 11 is 0. The molecular weight excluding hydrogens is 716 g/mol. The number of ether oxygens (including phenoxy) is 6. The van der Waals surface area contributed by atoms with Crippen LogP contribution in [0, 0.1) is 29.6 Å². The first kappa shape index (κ1) is 46.1. The number of Topliss-reactive ketones (excluding diaryl/α,β-unsaturated/α-hetero) is 1. The van der Waals surface area contributed by atoms with Crippen LogP contribution in [0.1, 0.15) is 81.6 Å². The van der Waals surface area contributed by atoms with Crippen LogP contribution in [0.5, 0.6) is 0 Å².